The molecule has 3 heteroatoms. The number of fused-ring (bicyclic) bond motifs is 1. The summed E-state index contributed by atoms with van der Waals surface area (Å²) in [5.74, 6) is 0.0217. The molecule has 0 bridgehead atoms. The van der Waals surface area contributed by atoms with E-state index in [2.05, 4.69) is 29.2 Å². The highest BCUT2D eigenvalue weighted by molar-refractivity contribution is 5.73. The molecule has 1 aliphatic carbocycles. The van der Waals surface area contributed by atoms with Crippen LogP contribution >= 0.6 is 0 Å². The zero-order valence-electron chi connectivity index (χ0n) is 13.3. The lowest BCUT2D eigenvalue weighted by molar-refractivity contribution is -0.159. The first-order valence-electron chi connectivity index (χ1n) is 7.96. The molecule has 1 atom stereocenters. The number of benzene rings is 1. The number of carbonyl (C=O) groups is 1. The molecular weight excluding hydrogens is 262 g/mol. The first-order valence-corrected chi connectivity index (χ1v) is 7.96. The molecule has 3 rings (SSSR count). The predicted octanol–water partition coefficient (Wildman–Crippen LogP) is 2.82. The molecule has 1 aromatic rings. The maximum absolute atomic E-state index is 12.2. The second-order valence-electron chi connectivity index (χ2n) is 7.34. The SMILES string of the molecule is CC(C)(C)OC(=O)C1CCN(C2Cc3ccccc3C2)C1. The van der Waals surface area contributed by atoms with Gasteiger partial charge in [-0.05, 0) is 57.7 Å². The molecule has 1 heterocycles. The first-order chi connectivity index (χ1) is 9.92. The van der Waals surface area contributed by atoms with Gasteiger partial charge in [0.25, 0.3) is 0 Å². The standard InChI is InChI=1S/C18H25NO2/c1-18(2,3)21-17(20)15-8-9-19(12-15)16-10-13-6-4-5-7-14(13)11-16/h4-7,15-16H,8-12H2,1-3H3. The molecular formula is C18H25NO2. The minimum Gasteiger partial charge on any atom is -0.460 e. The molecule has 0 spiro atoms. The molecule has 21 heavy (non-hydrogen) atoms. The molecule has 0 N–H and O–H groups in total. The van der Waals surface area contributed by atoms with Gasteiger partial charge in [-0.25, -0.2) is 0 Å². The van der Waals surface area contributed by atoms with Crippen molar-refractivity contribution in [3.8, 4) is 0 Å². The van der Waals surface area contributed by atoms with Crippen LogP contribution in [0.1, 0.15) is 38.3 Å². The molecule has 0 amide bonds. The van der Waals surface area contributed by atoms with E-state index in [-0.39, 0.29) is 17.5 Å². The predicted molar refractivity (Wildman–Crippen MR) is 83.2 cm³/mol. The second-order valence-corrected chi connectivity index (χ2v) is 7.34. The zero-order chi connectivity index (χ0) is 15.0. The number of nitrogens with zero attached hydrogens (tertiary/aromatic N) is 1. The van der Waals surface area contributed by atoms with Gasteiger partial charge in [0.1, 0.15) is 5.60 Å². The number of hydrogen-bond donors (Lipinski definition) is 0. The molecule has 1 aliphatic heterocycles. The molecule has 2 aliphatic rings. The van der Waals surface area contributed by atoms with Gasteiger partial charge in [-0.3, -0.25) is 9.69 Å². The Bertz CT molecular complexity index is 507. The summed E-state index contributed by atoms with van der Waals surface area (Å²) in [7, 11) is 0. The number of likely N-dealkylation sites (tertiary alicyclic amines) is 1. The van der Waals surface area contributed by atoms with Gasteiger partial charge in [-0.15, -0.1) is 0 Å². The molecule has 0 saturated carbocycles. The fourth-order valence-corrected chi connectivity index (χ4v) is 3.49. The van der Waals surface area contributed by atoms with E-state index < -0.39 is 0 Å². The number of carbonyl (C=O) groups excluding carboxylic acids is 1. The van der Waals surface area contributed by atoms with E-state index in [1.165, 1.54) is 11.1 Å². The van der Waals surface area contributed by atoms with Crippen LogP contribution in [0.5, 0.6) is 0 Å². The summed E-state index contributed by atoms with van der Waals surface area (Å²) in [4.78, 5) is 14.7. The van der Waals surface area contributed by atoms with Crippen molar-refractivity contribution >= 4 is 5.97 Å². The van der Waals surface area contributed by atoms with Crippen LogP contribution in [0.25, 0.3) is 0 Å². The summed E-state index contributed by atoms with van der Waals surface area (Å²) in [5.41, 5.74) is 2.57. The third kappa shape index (κ3) is 3.29. The van der Waals surface area contributed by atoms with Gasteiger partial charge < -0.3 is 4.74 Å². The van der Waals surface area contributed by atoms with Gasteiger partial charge in [0.05, 0.1) is 5.92 Å². The van der Waals surface area contributed by atoms with Crippen molar-refractivity contribution in [1.29, 1.82) is 0 Å². The van der Waals surface area contributed by atoms with E-state index in [0.29, 0.717) is 6.04 Å². The van der Waals surface area contributed by atoms with Crippen LogP contribution < -0.4 is 0 Å². The third-order valence-electron chi connectivity index (χ3n) is 4.51. The highest BCUT2D eigenvalue weighted by Crippen LogP contribution is 2.30. The topological polar surface area (TPSA) is 29.5 Å². The Labute approximate surface area is 127 Å². The van der Waals surface area contributed by atoms with Crippen LogP contribution in [0.2, 0.25) is 0 Å². The third-order valence-corrected chi connectivity index (χ3v) is 4.51. The summed E-state index contributed by atoms with van der Waals surface area (Å²) in [5, 5.41) is 0. The lowest BCUT2D eigenvalue weighted by Gasteiger charge is -2.25. The van der Waals surface area contributed by atoms with Crippen molar-refractivity contribution in [1.82, 2.24) is 4.90 Å². The number of esters is 1. The number of hydrogen-bond acceptors (Lipinski definition) is 3. The molecule has 1 fully saturated rings. The fourth-order valence-electron chi connectivity index (χ4n) is 3.49. The van der Waals surface area contributed by atoms with E-state index in [9.17, 15) is 4.79 Å². The fraction of sp³-hybridized carbons (Fsp3) is 0.611. The molecule has 114 valence electrons. The van der Waals surface area contributed by atoms with E-state index >= 15 is 0 Å². The summed E-state index contributed by atoms with van der Waals surface area (Å²) in [6, 6.07) is 9.27. The minimum absolute atomic E-state index is 0.0273. The Morgan fingerprint density at radius 3 is 2.38 bits per heavy atom. The van der Waals surface area contributed by atoms with Crippen molar-refractivity contribution in [3.05, 3.63) is 35.4 Å². The average Bonchev–Trinajstić information content (AvgIpc) is 3.03. The largest absolute Gasteiger partial charge is 0.460 e. The van der Waals surface area contributed by atoms with Gasteiger partial charge in [0.15, 0.2) is 0 Å². The first kappa shape index (κ1) is 14.6. The zero-order valence-corrected chi connectivity index (χ0v) is 13.3. The minimum atomic E-state index is -0.381. The van der Waals surface area contributed by atoms with Gasteiger partial charge in [-0.2, -0.15) is 0 Å². The Balaban J connectivity index is 1.58. The van der Waals surface area contributed by atoms with E-state index in [0.717, 1.165) is 32.4 Å². The van der Waals surface area contributed by atoms with Crippen LogP contribution in [0.4, 0.5) is 0 Å². The Morgan fingerprint density at radius 1 is 1.19 bits per heavy atom. The molecule has 1 saturated heterocycles. The lowest BCUT2D eigenvalue weighted by Crippen LogP contribution is -2.36. The van der Waals surface area contributed by atoms with E-state index in [1.54, 1.807) is 0 Å². The monoisotopic (exact) mass is 287 g/mol. The molecule has 0 aromatic heterocycles. The second kappa shape index (κ2) is 5.45. The smallest absolute Gasteiger partial charge is 0.310 e. The van der Waals surface area contributed by atoms with Crippen LogP contribution in [0.15, 0.2) is 24.3 Å². The van der Waals surface area contributed by atoms with Crippen LogP contribution in [0, 0.1) is 5.92 Å². The Hall–Kier alpha value is -1.35. The van der Waals surface area contributed by atoms with Crippen LogP contribution in [0.3, 0.4) is 0 Å². The summed E-state index contributed by atoms with van der Waals surface area (Å²) in [6.45, 7) is 7.68. The van der Waals surface area contributed by atoms with Gasteiger partial charge >= 0.3 is 5.97 Å². The highest BCUT2D eigenvalue weighted by atomic mass is 16.6. The molecule has 3 nitrogen and oxygen atoms in total. The maximum Gasteiger partial charge on any atom is 0.310 e. The van der Waals surface area contributed by atoms with Gasteiger partial charge in [0.2, 0.25) is 0 Å². The molecule has 0 radical (unpaired) electrons. The summed E-state index contributed by atoms with van der Waals surface area (Å²) in [6.07, 6.45) is 3.18. The molecule has 1 unspecified atom stereocenters. The quantitative estimate of drug-likeness (QED) is 0.783. The highest BCUT2D eigenvalue weighted by Gasteiger charge is 2.36. The maximum atomic E-state index is 12.2. The Morgan fingerprint density at radius 2 is 1.81 bits per heavy atom. The van der Waals surface area contributed by atoms with Crippen molar-refractivity contribution < 1.29 is 9.53 Å². The Kier molecular flexibility index (Phi) is 3.78. The normalized spacial score (nSPS) is 23.3. The average molecular weight is 287 g/mol. The lowest BCUT2D eigenvalue weighted by atomic mass is 10.1. The molecule has 1 aromatic carbocycles. The van der Waals surface area contributed by atoms with Crippen LogP contribution in [-0.4, -0.2) is 35.6 Å². The van der Waals surface area contributed by atoms with E-state index in [1.807, 2.05) is 20.8 Å². The van der Waals surface area contributed by atoms with Crippen molar-refractivity contribution in [2.75, 3.05) is 13.1 Å². The summed E-state index contributed by atoms with van der Waals surface area (Å²) >= 11 is 0. The van der Waals surface area contributed by atoms with Crippen molar-refractivity contribution in [2.24, 2.45) is 5.92 Å². The van der Waals surface area contributed by atoms with Crippen molar-refractivity contribution in [3.63, 3.8) is 0 Å². The van der Waals surface area contributed by atoms with Crippen LogP contribution in [-0.2, 0) is 22.4 Å². The van der Waals surface area contributed by atoms with Gasteiger partial charge in [0, 0.05) is 12.6 Å². The summed E-state index contributed by atoms with van der Waals surface area (Å²) < 4.78 is 5.53. The van der Waals surface area contributed by atoms with E-state index in [4.69, 9.17) is 4.74 Å². The van der Waals surface area contributed by atoms with Crippen molar-refractivity contribution in [2.45, 2.75) is 51.7 Å². The van der Waals surface area contributed by atoms with Gasteiger partial charge in [-0.1, -0.05) is 24.3 Å². The number of ether oxygens (including phenoxy) is 1. The number of rotatable bonds is 2.